The molecule has 2 unspecified atom stereocenters. The van der Waals surface area contributed by atoms with Crippen molar-refractivity contribution in [3.8, 4) is 0 Å². The van der Waals surface area contributed by atoms with E-state index < -0.39 is 32.5 Å². The van der Waals surface area contributed by atoms with E-state index in [1.165, 1.54) is 89.9 Å². The molecular formula is C42H73O8P. The molecule has 0 spiro atoms. The van der Waals surface area contributed by atoms with Gasteiger partial charge in [-0.1, -0.05) is 152 Å². The number of hydrogen-bond acceptors (Lipinski definition) is 7. The highest BCUT2D eigenvalue weighted by Crippen LogP contribution is 2.42. The maximum Gasteiger partial charge on any atom is 0.472 e. The molecule has 2 atom stereocenters. The number of carbonyl (C=O) groups excluding carboxylic acids is 2. The minimum absolute atomic E-state index is 0.121. The quantitative estimate of drug-likeness (QED) is 0.0293. The molecule has 0 saturated heterocycles. The van der Waals surface area contributed by atoms with Crippen LogP contribution in [0.5, 0.6) is 0 Å². The van der Waals surface area contributed by atoms with E-state index in [4.69, 9.17) is 14.0 Å². The summed E-state index contributed by atoms with van der Waals surface area (Å²) in [6.07, 6.45) is 45.8. The summed E-state index contributed by atoms with van der Waals surface area (Å²) in [5.74, 6) is -0.904. The summed E-state index contributed by atoms with van der Waals surface area (Å²) in [4.78, 5) is 34.3. The summed E-state index contributed by atoms with van der Waals surface area (Å²) in [6.45, 7) is 3.69. The lowest BCUT2D eigenvalue weighted by atomic mass is 10.1. The summed E-state index contributed by atoms with van der Waals surface area (Å²) >= 11 is 0. The fraction of sp³-hybridized carbons (Fsp3) is 0.714. The normalized spacial score (nSPS) is 14.0. The molecule has 0 bridgehead atoms. The molecule has 0 radical (unpaired) electrons. The maximum atomic E-state index is 12.4. The molecule has 0 aromatic carbocycles. The van der Waals surface area contributed by atoms with Crippen LogP contribution >= 0.6 is 7.82 Å². The van der Waals surface area contributed by atoms with Crippen molar-refractivity contribution in [2.24, 2.45) is 0 Å². The van der Waals surface area contributed by atoms with Gasteiger partial charge in [0.05, 0.1) is 6.61 Å². The van der Waals surface area contributed by atoms with Crippen molar-refractivity contribution >= 4 is 19.8 Å². The van der Waals surface area contributed by atoms with Crippen molar-refractivity contribution in [1.82, 2.24) is 0 Å². The lowest BCUT2D eigenvalue weighted by Crippen LogP contribution is -2.29. The number of phosphoric acid groups is 1. The average Bonchev–Trinajstić information content (AvgIpc) is 3.12. The standard InChI is InChI=1S/C42H73O8P/c1-4-6-8-10-12-14-16-18-19-20-21-22-23-25-26-28-30-32-34-36-41(43)48-38-40(39-49-51(45,46)47-3)50-42(44)37-35-33-31-29-27-24-17-15-13-11-9-7-5-2/h7,9,13,15,18-19,24,27,31,33,40H,4-6,8,10-12,14,16-17,20-23,25-26,28-30,32,34-39H2,1-3H3,(H,45,46)/b9-7-,15-13-,19-18-,27-24-,33-31-. The van der Waals surface area contributed by atoms with Gasteiger partial charge >= 0.3 is 19.8 Å². The Bertz CT molecular complexity index is 1020. The summed E-state index contributed by atoms with van der Waals surface area (Å²) in [5.41, 5.74) is 0. The first-order valence-electron chi connectivity index (χ1n) is 20.0. The Labute approximate surface area is 311 Å². The van der Waals surface area contributed by atoms with E-state index in [9.17, 15) is 19.0 Å². The Morgan fingerprint density at radius 1 is 0.569 bits per heavy atom. The largest absolute Gasteiger partial charge is 0.472 e. The molecule has 0 aliphatic heterocycles. The molecule has 0 aromatic heterocycles. The number of carbonyl (C=O) groups is 2. The van der Waals surface area contributed by atoms with Crippen molar-refractivity contribution in [1.29, 1.82) is 0 Å². The number of hydrogen-bond donors (Lipinski definition) is 1. The zero-order valence-corrected chi connectivity index (χ0v) is 33.4. The molecule has 0 heterocycles. The van der Waals surface area contributed by atoms with Crippen molar-refractivity contribution in [2.45, 2.75) is 174 Å². The highest BCUT2D eigenvalue weighted by molar-refractivity contribution is 7.47. The molecule has 0 saturated carbocycles. The average molecular weight is 737 g/mol. The predicted molar refractivity (Wildman–Crippen MR) is 211 cm³/mol. The van der Waals surface area contributed by atoms with Crippen LogP contribution in [-0.4, -0.2) is 43.3 Å². The second kappa shape index (κ2) is 37.5. The first-order chi connectivity index (χ1) is 24.8. The van der Waals surface area contributed by atoms with Crippen LogP contribution in [0.3, 0.4) is 0 Å². The second-order valence-electron chi connectivity index (χ2n) is 13.0. The van der Waals surface area contributed by atoms with Gasteiger partial charge in [0, 0.05) is 20.0 Å². The fourth-order valence-corrected chi connectivity index (χ4v) is 5.66. The molecule has 0 rings (SSSR count). The minimum Gasteiger partial charge on any atom is -0.462 e. The first-order valence-corrected chi connectivity index (χ1v) is 21.5. The minimum atomic E-state index is -4.28. The van der Waals surface area contributed by atoms with Gasteiger partial charge in [-0.05, 0) is 64.2 Å². The van der Waals surface area contributed by atoms with Gasteiger partial charge in [-0.3, -0.25) is 18.6 Å². The summed E-state index contributed by atoms with van der Waals surface area (Å²) in [7, 11) is -3.23. The molecule has 9 heteroatoms. The number of rotatable bonds is 36. The van der Waals surface area contributed by atoms with Crippen molar-refractivity contribution < 1.29 is 37.6 Å². The van der Waals surface area contributed by atoms with E-state index in [0.29, 0.717) is 6.42 Å². The van der Waals surface area contributed by atoms with Crippen LogP contribution in [0.2, 0.25) is 0 Å². The van der Waals surface area contributed by atoms with Crippen molar-refractivity contribution in [3.05, 3.63) is 60.8 Å². The van der Waals surface area contributed by atoms with Crippen LogP contribution in [0.4, 0.5) is 0 Å². The highest BCUT2D eigenvalue weighted by Gasteiger charge is 2.24. The van der Waals surface area contributed by atoms with E-state index in [1.807, 2.05) is 12.2 Å². The van der Waals surface area contributed by atoms with Gasteiger partial charge in [0.15, 0.2) is 6.10 Å². The molecule has 294 valence electrons. The lowest BCUT2D eigenvalue weighted by molar-refractivity contribution is -0.161. The number of allylic oxidation sites excluding steroid dienone is 10. The smallest absolute Gasteiger partial charge is 0.462 e. The molecule has 1 N–H and O–H groups in total. The number of unbranched alkanes of at least 4 members (excludes halogenated alkanes) is 15. The molecular weight excluding hydrogens is 663 g/mol. The summed E-state index contributed by atoms with van der Waals surface area (Å²) < 4.78 is 31.8. The lowest BCUT2D eigenvalue weighted by Gasteiger charge is -2.19. The summed E-state index contributed by atoms with van der Waals surface area (Å²) in [6, 6.07) is 0. The van der Waals surface area contributed by atoms with Gasteiger partial charge in [0.1, 0.15) is 6.61 Å². The maximum absolute atomic E-state index is 12.4. The molecule has 51 heavy (non-hydrogen) atoms. The van der Waals surface area contributed by atoms with Gasteiger partial charge in [0.2, 0.25) is 0 Å². The topological polar surface area (TPSA) is 108 Å². The Morgan fingerprint density at radius 2 is 1.04 bits per heavy atom. The highest BCUT2D eigenvalue weighted by atomic mass is 31.2. The first kappa shape index (κ1) is 48.8. The zero-order valence-electron chi connectivity index (χ0n) is 32.5. The van der Waals surface area contributed by atoms with Gasteiger partial charge in [-0.2, -0.15) is 0 Å². The van der Waals surface area contributed by atoms with Crippen LogP contribution < -0.4 is 0 Å². The monoisotopic (exact) mass is 737 g/mol. The van der Waals surface area contributed by atoms with Crippen LogP contribution in [0.15, 0.2) is 60.8 Å². The molecule has 0 aliphatic carbocycles. The molecule has 0 fully saturated rings. The van der Waals surface area contributed by atoms with E-state index in [2.05, 4.69) is 67.0 Å². The molecule has 0 aliphatic rings. The third-order valence-corrected chi connectivity index (χ3v) is 9.20. The Balaban J connectivity index is 4.08. The van der Waals surface area contributed by atoms with E-state index >= 15 is 0 Å². The SMILES string of the molecule is CC/C=C\C/C=C\C/C=C\C/C=C\CCC(=O)OC(COC(=O)CCCCCCCCCCC/C=C\CCCCCCCC)COP(=O)(O)OC. The number of ether oxygens (including phenoxy) is 2. The van der Waals surface area contributed by atoms with Crippen LogP contribution in [0.1, 0.15) is 168 Å². The molecule has 0 amide bonds. The second-order valence-corrected chi connectivity index (χ2v) is 14.6. The van der Waals surface area contributed by atoms with Crippen molar-refractivity contribution in [3.63, 3.8) is 0 Å². The Hall–Kier alpha value is -2.25. The predicted octanol–water partition coefficient (Wildman–Crippen LogP) is 12.4. The third kappa shape index (κ3) is 37.3. The van der Waals surface area contributed by atoms with E-state index in [1.54, 1.807) is 0 Å². The Morgan fingerprint density at radius 3 is 1.57 bits per heavy atom. The van der Waals surface area contributed by atoms with Crippen LogP contribution in [-0.2, 0) is 32.7 Å². The molecule has 0 aromatic rings. The van der Waals surface area contributed by atoms with Crippen LogP contribution in [0, 0.1) is 0 Å². The van der Waals surface area contributed by atoms with Crippen LogP contribution in [0.25, 0.3) is 0 Å². The Kier molecular flexibility index (Phi) is 35.9. The van der Waals surface area contributed by atoms with E-state index in [0.717, 1.165) is 52.1 Å². The van der Waals surface area contributed by atoms with Gasteiger partial charge in [0.25, 0.3) is 0 Å². The number of phosphoric ester groups is 1. The van der Waals surface area contributed by atoms with Gasteiger partial charge < -0.3 is 14.4 Å². The van der Waals surface area contributed by atoms with E-state index in [-0.39, 0.29) is 19.4 Å². The van der Waals surface area contributed by atoms with Crippen molar-refractivity contribution in [2.75, 3.05) is 20.3 Å². The fourth-order valence-electron chi connectivity index (χ4n) is 5.20. The number of esters is 2. The van der Waals surface area contributed by atoms with Gasteiger partial charge in [-0.25, -0.2) is 4.57 Å². The van der Waals surface area contributed by atoms with Gasteiger partial charge in [-0.15, -0.1) is 0 Å². The third-order valence-electron chi connectivity index (χ3n) is 8.26. The zero-order chi connectivity index (χ0) is 37.5. The molecule has 8 nitrogen and oxygen atoms in total. The summed E-state index contributed by atoms with van der Waals surface area (Å²) in [5, 5.41) is 0.